The molecule has 3 spiro atoms. The third kappa shape index (κ3) is 3.38. The first kappa shape index (κ1) is 24.0. The lowest BCUT2D eigenvalue weighted by molar-refractivity contribution is -0.105. The molecule has 3 heterocycles. The number of rotatable bonds is 0. The van der Waals surface area contributed by atoms with E-state index in [1.165, 1.54) is 19.3 Å². The van der Waals surface area contributed by atoms with Gasteiger partial charge in [-0.25, -0.2) is 0 Å². The number of ether oxygens (including phenoxy) is 6. The maximum absolute atomic E-state index is 6.61. The van der Waals surface area contributed by atoms with Gasteiger partial charge in [-0.3, -0.25) is 0 Å². The largest absolute Gasteiger partial charge is 0.448 e. The fraction of sp³-hybridized carbons (Fsp3) is 0.500. The third-order valence-corrected chi connectivity index (χ3v) is 10.7. The van der Waals surface area contributed by atoms with Crippen LogP contribution in [0.4, 0.5) is 0 Å². The zero-order valence-corrected chi connectivity index (χ0v) is 24.0. The zero-order valence-electron chi connectivity index (χ0n) is 24.0. The van der Waals surface area contributed by atoms with Gasteiger partial charge in [0.2, 0.25) is 0 Å². The Hall–Kier alpha value is -3.54. The summed E-state index contributed by atoms with van der Waals surface area (Å²) in [5, 5.41) is 6.81. The summed E-state index contributed by atoms with van der Waals surface area (Å²) < 4.78 is 39.7. The molecule has 6 nitrogen and oxygen atoms in total. The van der Waals surface area contributed by atoms with Gasteiger partial charge in [0, 0.05) is 38.5 Å². The Labute approximate surface area is 245 Å². The molecule has 3 fully saturated rings. The molecule has 4 aromatic rings. The van der Waals surface area contributed by atoms with E-state index in [2.05, 4.69) is 36.4 Å². The van der Waals surface area contributed by atoms with E-state index in [-0.39, 0.29) is 0 Å². The molecule has 3 aliphatic heterocycles. The highest BCUT2D eigenvalue weighted by Gasteiger charge is 2.45. The van der Waals surface area contributed by atoms with Crippen LogP contribution in [0.25, 0.3) is 32.3 Å². The lowest BCUT2D eigenvalue weighted by Gasteiger charge is -2.31. The van der Waals surface area contributed by atoms with E-state index < -0.39 is 17.4 Å². The van der Waals surface area contributed by atoms with Crippen molar-refractivity contribution in [3.05, 3.63) is 36.4 Å². The van der Waals surface area contributed by atoms with Gasteiger partial charge in [-0.2, -0.15) is 0 Å². The van der Waals surface area contributed by atoms with Crippen molar-refractivity contribution in [2.45, 2.75) is 114 Å². The molecule has 0 aromatic heterocycles. The summed E-state index contributed by atoms with van der Waals surface area (Å²) in [6.45, 7) is 0. The van der Waals surface area contributed by atoms with Crippen LogP contribution >= 0.6 is 0 Å². The topological polar surface area (TPSA) is 55.4 Å². The maximum atomic E-state index is 6.61. The lowest BCUT2D eigenvalue weighted by atomic mass is 9.93. The van der Waals surface area contributed by atoms with Crippen molar-refractivity contribution in [3.63, 3.8) is 0 Å². The first-order valence-corrected chi connectivity index (χ1v) is 16.3. The van der Waals surface area contributed by atoms with Crippen LogP contribution in [0.5, 0.6) is 34.5 Å². The highest BCUT2D eigenvalue weighted by Crippen LogP contribution is 2.55. The lowest BCUT2D eigenvalue weighted by Crippen LogP contribution is -2.40. The molecule has 42 heavy (non-hydrogen) atoms. The third-order valence-electron chi connectivity index (χ3n) is 10.7. The second-order valence-electron chi connectivity index (χ2n) is 13.6. The molecular formula is C36H36O6. The number of hydrogen-bond donors (Lipinski definition) is 0. The van der Waals surface area contributed by atoms with Crippen molar-refractivity contribution in [3.8, 4) is 34.5 Å². The van der Waals surface area contributed by atoms with Crippen molar-refractivity contribution in [1.29, 1.82) is 0 Å². The van der Waals surface area contributed by atoms with Crippen molar-refractivity contribution >= 4 is 32.3 Å². The molecule has 0 amide bonds. The Morgan fingerprint density at radius 3 is 0.667 bits per heavy atom. The SMILES string of the molecule is c1c2c(cc3c1c1cc4c(cc1c1cc5c(cc31)OC1(CCCCC1)O5)OC1(CCCCC1)O4)OC1(CCCCC1)O2. The summed E-state index contributed by atoms with van der Waals surface area (Å²) in [6, 6.07) is 13.2. The Bertz CT molecular complexity index is 1440. The predicted molar refractivity (Wildman–Crippen MR) is 160 cm³/mol. The number of benzene rings is 4. The van der Waals surface area contributed by atoms with E-state index in [0.717, 1.165) is 144 Å². The van der Waals surface area contributed by atoms with Crippen LogP contribution in [-0.4, -0.2) is 17.4 Å². The standard InChI is InChI=1S/C36H36O6/c1-4-10-34(11-5-1)37-28-16-22-23(17-29(28)38-34)25-19-31-33(42-36(40-31)14-8-3-9-15-36)21-27(25)26-20-32-30(18-24(22)26)39-35(41-32)12-6-2-7-13-35/h16-21H,1-15H2. The van der Waals surface area contributed by atoms with Crippen molar-refractivity contribution < 1.29 is 28.4 Å². The average molecular weight is 565 g/mol. The number of fused-ring (bicyclic) bond motifs is 9. The predicted octanol–water partition coefficient (Wildman–Crippen LogP) is 9.44. The minimum Gasteiger partial charge on any atom is -0.448 e. The molecule has 6 aliphatic rings. The molecule has 0 bridgehead atoms. The summed E-state index contributed by atoms with van der Waals surface area (Å²) in [5.74, 6) is 3.47. The van der Waals surface area contributed by atoms with Gasteiger partial charge in [-0.05, 0) is 107 Å². The van der Waals surface area contributed by atoms with E-state index in [1.807, 2.05) is 0 Å². The second kappa shape index (κ2) is 8.30. The van der Waals surface area contributed by atoms with E-state index in [1.54, 1.807) is 0 Å². The Morgan fingerprint density at radius 1 is 0.286 bits per heavy atom. The summed E-state index contributed by atoms with van der Waals surface area (Å²) in [6.07, 6.45) is 16.1. The summed E-state index contributed by atoms with van der Waals surface area (Å²) in [5.41, 5.74) is 0. The molecule has 10 rings (SSSR count). The van der Waals surface area contributed by atoms with Gasteiger partial charge < -0.3 is 28.4 Å². The molecule has 0 saturated heterocycles. The first-order chi connectivity index (χ1) is 20.6. The van der Waals surface area contributed by atoms with Crippen LogP contribution in [0, 0.1) is 0 Å². The molecule has 3 aliphatic carbocycles. The average Bonchev–Trinajstić information content (AvgIpc) is 3.64. The molecule has 216 valence electrons. The van der Waals surface area contributed by atoms with Gasteiger partial charge in [0.1, 0.15) is 0 Å². The minimum absolute atomic E-state index is 0.527. The molecule has 6 heteroatoms. The second-order valence-corrected chi connectivity index (χ2v) is 13.6. The highest BCUT2D eigenvalue weighted by atomic mass is 16.7. The summed E-state index contributed by atoms with van der Waals surface area (Å²) in [4.78, 5) is 0. The highest BCUT2D eigenvalue weighted by molar-refractivity contribution is 6.27. The molecule has 4 aromatic carbocycles. The fourth-order valence-electron chi connectivity index (χ4n) is 8.64. The van der Waals surface area contributed by atoms with Gasteiger partial charge in [-0.15, -0.1) is 0 Å². The Balaban J connectivity index is 1.20. The van der Waals surface area contributed by atoms with Gasteiger partial charge in [0.25, 0.3) is 17.4 Å². The van der Waals surface area contributed by atoms with Crippen molar-refractivity contribution in [1.82, 2.24) is 0 Å². The number of hydrogen-bond acceptors (Lipinski definition) is 6. The molecule has 0 unspecified atom stereocenters. The minimum atomic E-state index is -0.527. The van der Waals surface area contributed by atoms with Gasteiger partial charge in [0.15, 0.2) is 34.5 Å². The van der Waals surface area contributed by atoms with Crippen LogP contribution in [0.15, 0.2) is 36.4 Å². The van der Waals surface area contributed by atoms with Crippen molar-refractivity contribution in [2.24, 2.45) is 0 Å². The fourth-order valence-corrected chi connectivity index (χ4v) is 8.64. The monoisotopic (exact) mass is 564 g/mol. The van der Waals surface area contributed by atoms with Crippen LogP contribution in [-0.2, 0) is 0 Å². The van der Waals surface area contributed by atoms with E-state index in [9.17, 15) is 0 Å². The van der Waals surface area contributed by atoms with Gasteiger partial charge >= 0.3 is 0 Å². The Kier molecular flexibility index (Phi) is 4.73. The Morgan fingerprint density at radius 2 is 0.476 bits per heavy atom. The molecular weight excluding hydrogens is 528 g/mol. The zero-order chi connectivity index (χ0) is 27.5. The van der Waals surface area contributed by atoms with E-state index in [0.29, 0.717) is 0 Å². The summed E-state index contributed by atoms with van der Waals surface area (Å²) in [7, 11) is 0. The first-order valence-electron chi connectivity index (χ1n) is 16.3. The molecule has 0 N–H and O–H groups in total. The van der Waals surface area contributed by atoms with Crippen molar-refractivity contribution in [2.75, 3.05) is 0 Å². The van der Waals surface area contributed by atoms with Crippen LogP contribution in [0.1, 0.15) is 96.3 Å². The van der Waals surface area contributed by atoms with E-state index in [4.69, 9.17) is 28.4 Å². The quantitative estimate of drug-likeness (QED) is 0.198. The van der Waals surface area contributed by atoms with Crippen LogP contribution < -0.4 is 28.4 Å². The normalized spacial score (nSPS) is 24.0. The van der Waals surface area contributed by atoms with Gasteiger partial charge in [0.05, 0.1) is 0 Å². The molecule has 3 saturated carbocycles. The molecule has 0 atom stereocenters. The van der Waals surface area contributed by atoms with Gasteiger partial charge in [-0.1, -0.05) is 19.3 Å². The summed E-state index contributed by atoms with van der Waals surface area (Å²) >= 11 is 0. The smallest absolute Gasteiger partial charge is 0.251 e. The van der Waals surface area contributed by atoms with Crippen LogP contribution in [0.2, 0.25) is 0 Å². The van der Waals surface area contributed by atoms with Crippen LogP contribution in [0.3, 0.4) is 0 Å². The molecule has 0 radical (unpaired) electrons. The van der Waals surface area contributed by atoms with E-state index >= 15 is 0 Å². The maximum Gasteiger partial charge on any atom is 0.251 e.